The number of esters is 1. The number of carbonyl (C=O) groups excluding carboxylic acids is 1. The van der Waals surface area contributed by atoms with Gasteiger partial charge in [-0.2, -0.15) is 0 Å². The summed E-state index contributed by atoms with van der Waals surface area (Å²) >= 11 is 0. The molecular formula is C13H22O3. The Balaban J connectivity index is 1.85. The smallest absolute Gasteiger partial charge is 0.331 e. The molecule has 1 aliphatic heterocycles. The molecule has 92 valence electrons. The molecule has 1 rings (SSSR count). The summed E-state index contributed by atoms with van der Waals surface area (Å²) in [6.45, 7) is 1.83. The number of hydrogen-bond acceptors (Lipinski definition) is 3. The second-order valence-electron chi connectivity index (χ2n) is 4.53. The monoisotopic (exact) mass is 226 g/mol. The first-order valence-corrected chi connectivity index (χ1v) is 6.25. The van der Waals surface area contributed by atoms with Crippen LogP contribution in [0.2, 0.25) is 0 Å². The fraction of sp³-hybridized carbons (Fsp3) is 0.769. The van der Waals surface area contributed by atoms with Gasteiger partial charge in [0.15, 0.2) is 0 Å². The van der Waals surface area contributed by atoms with Crippen LogP contribution in [0.4, 0.5) is 0 Å². The molecule has 1 aliphatic rings. The molecule has 3 nitrogen and oxygen atoms in total. The molecule has 0 radical (unpaired) electrons. The second kappa shape index (κ2) is 7.44. The minimum atomic E-state index is -0.207. The molecule has 2 atom stereocenters. The summed E-state index contributed by atoms with van der Waals surface area (Å²) in [6.07, 6.45) is 10.8. The van der Waals surface area contributed by atoms with Crippen LogP contribution >= 0.6 is 0 Å². The second-order valence-corrected chi connectivity index (χ2v) is 4.53. The first kappa shape index (κ1) is 13.2. The van der Waals surface area contributed by atoms with Crippen molar-refractivity contribution in [1.82, 2.24) is 0 Å². The molecule has 3 heteroatoms. The molecule has 0 saturated heterocycles. The van der Waals surface area contributed by atoms with E-state index in [0.29, 0.717) is 0 Å². The zero-order valence-electron chi connectivity index (χ0n) is 10.0. The summed E-state index contributed by atoms with van der Waals surface area (Å²) in [4.78, 5) is 10.8. The molecule has 1 N–H and O–H groups in total. The number of carbonyl (C=O) groups is 1. The van der Waals surface area contributed by atoms with E-state index in [-0.39, 0.29) is 18.2 Å². The van der Waals surface area contributed by atoms with Crippen LogP contribution in [0.25, 0.3) is 0 Å². The Kier molecular flexibility index (Phi) is 6.16. The van der Waals surface area contributed by atoms with E-state index in [2.05, 4.69) is 0 Å². The van der Waals surface area contributed by atoms with Gasteiger partial charge in [-0.3, -0.25) is 0 Å². The first-order chi connectivity index (χ1) is 7.68. The fourth-order valence-electron chi connectivity index (χ4n) is 1.88. The zero-order chi connectivity index (χ0) is 11.8. The van der Waals surface area contributed by atoms with Gasteiger partial charge in [-0.25, -0.2) is 4.79 Å². The quantitative estimate of drug-likeness (QED) is 0.511. The van der Waals surface area contributed by atoms with Gasteiger partial charge in [-0.1, -0.05) is 25.7 Å². The van der Waals surface area contributed by atoms with Crippen LogP contribution in [0, 0.1) is 0 Å². The van der Waals surface area contributed by atoms with Crippen LogP contribution in [0.5, 0.6) is 0 Å². The minimum Gasteiger partial charge on any atom is -0.455 e. The summed E-state index contributed by atoms with van der Waals surface area (Å²) in [5.41, 5.74) is 0. The molecule has 0 aromatic rings. The number of ether oxygens (including phenoxy) is 1. The summed E-state index contributed by atoms with van der Waals surface area (Å²) in [7, 11) is 0. The maximum atomic E-state index is 10.8. The highest BCUT2D eigenvalue weighted by Crippen LogP contribution is 2.14. The van der Waals surface area contributed by atoms with Crippen molar-refractivity contribution in [2.75, 3.05) is 0 Å². The third-order valence-electron chi connectivity index (χ3n) is 2.83. The number of cyclic esters (lactones) is 1. The third-order valence-corrected chi connectivity index (χ3v) is 2.83. The summed E-state index contributed by atoms with van der Waals surface area (Å²) in [5.74, 6) is -0.207. The van der Waals surface area contributed by atoms with Crippen molar-refractivity contribution in [1.29, 1.82) is 0 Å². The third kappa shape index (κ3) is 5.91. The van der Waals surface area contributed by atoms with Gasteiger partial charge in [-0.05, 0) is 32.3 Å². The zero-order valence-corrected chi connectivity index (χ0v) is 10.0. The van der Waals surface area contributed by atoms with Gasteiger partial charge in [-0.15, -0.1) is 0 Å². The fourth-order valence-corrected chi connectivity index (χ4v) is 1.88. The van der Waals surface area contributed by atoms with Crippen molar-refractivity contribution in [2.24, 2.45) is 0 Å². The number of aliphatic hydroxyl groups excluding tert-OH is 1. The molecule has 0 aliphatic carbocycles. The highest BCUT2D eigenvalue weighted by Gasteiger charge is 2.15. The molecule has 0 aromatic carbocycles. The van der Waals surface area contributed by atoms with E-state index in [0.717, 1.165) is 25.7 Å². The van der Waals surface area contributed by atoms with Gasteiger partial charge in [0.2, 0.25) is 0 Å². The predicted octanol–water partition coefficient (Wildman–Crippen LogP) is 2.58. The average molecular weight is 226 g/mol. The van der Waals surface area contributed by atoms with E-state index in [1.165, 1.54) is 25.3 Å². The molecule has 0 fully saturated rings. The maximum absolute atomic E-state index is 10.8. The maximum Gasteiger partial charge on any atom is 0.331 e. The van der Waals surface area contributed by atoms with Crippen molar-refractivity contribution < 1.29 is 14.6 Å². The SMILES string of the molecule is CC(O)CCCCCCCC1C=CC(=O)O1. The van der Waals surface area contributed by atoms with E-state index in [1.54, 1.807) is 0 Å². The van der Waals surface area contributed by atoms with E-state index in [4.69, 9.17) is 9.84 Å². The lowest BCUT2D eigenvalue weighted by atomic mass is 10.1. The summed E-state index contributed by atoms with van der Waals surface area (Å²) in [5, 5.41) is 9.07. The van der Waals surface area contributed by atoms with Gasteiger partial charge >= 0.3 is 5.97 Å². The number of hydrogen-bond donors (Lipinski definition) is 1. The Morgan fingerprint density at radius 1 is 1.31 bits per heavy atom. The molecule has 0 bridgehead atoms. The van der Waals surface area contributed by atoms with E-state index >= 15 is 0 Å². The van der Waals surface area contributed by atoms with Crippen molar-refractivity contribution in [3.63, 3.8) is 0 Å². The van der Waals surface area contributed by atoms with Crippen molar-refractivity contribution in [3.8, 4) is 0 Å². The number of unbranched alkanes of at least 4 members (excludes halogenated alkanes) is 4. The predicted molar refractivity (Wildman–Crippen MR) is 63.0 cm³/mol. The topological polar surface area (TPSA) is 46.5 Å². The molecule has 0 amide bonds. The normalized spacial score (nSPS) is 21.1. The highest BCUT2D eigenvalue weighted by molar-refractivity contribution is 5.84. The molecular weight excluding hydrogens is 204 g/mol. The van der Waals surface area contributed by atoms with Gasteiger partial charge in [0.05, 0.1) is 6.10 Å². The first-order valence-electron chi connectivity index (χ1n) is 6.25. The molecule has 0 saturated carbocycles. The van der Waals surface area contributed by atoms with Crippen LogP contribution in [-0.2, 0) is 9.53 Å². The summed E-state index contributed by atoms with van der Waals surface area (Å²) < 4.78 is 5.04. The van der Waals surface area contributed by atoms with Gasteiger partial charge < -0.3 is 9.84 Å². The Labute approximate surface area is 97.5 Å². The number of rotatable bonds is 8. The van der Waals surface area contributed by atoms with Crippen molar-refractivity contribution in [3.05, 3.63) is 12.2 Å². The van der Waals surface area contributed by atoms with Crippen LogP contribution in [0.3, 0.4) is 0 Å². The molecule has 16 heavy (non-hydrogen) atoms. The molecule has 1 heterocycles. The van der Waals surface area contributed by atoms with Crippen LogP contribution < -0.4 is 0 Å². The molecule has 0 aromatic heterocycles. The lowest BCUT2D eigenvalue weighted by Gasteiger charge is -2.08. The number of aliphatic hydroxyl groups is 1. The Hall–Kier alpha value is -0.830. The molecule has 0 spiro atoms. The van der Waals surface area contributed by atoms with E-state index < -0.39 is 0 Å². The van der Waals surface area contributed by atoms with Gasteiger partial charge in [0.1, 0.15) is 6.10 Å². The lowest BCUT2D eigenvalue weighted by Crippen LogP contribution is -2.06. The largest absolute Gasteiger partial charge is 0.455 e. The van der Waals surface area contributed by atoms with Crippen LogP contribution in [0.15, 0.2) is 12.2 Å². The highest BCUT2D eigenvalue weighted by atomic mass is 16.5. The van der Waals surface area contributed by atoms with Crippen LogP contribution in [0.1, 0.15) is 51.9 Å². The van der Waals surface area contributed by atoms with E-state index in [9.17, 15) is 4.79 Å². The van der Waals surface area contributed by atoms with Crippen molar-refractivity contribution in [2.45, 2.75) is 64.1 Å². The van der Waals surface area contributed by atoms with Crippen LogP contribution in [-0.4, -0.2) is 23.3 Å². The van der Waals surface area contributed by atoms with Crippen molar-refractivity contribution >= 4 is 5.97 Å². The standard InChI is InChI=1S/C13H22O3/c1-11(14)7-5-3-2-4-6-8-12-9-10-13(15)16-12/h9-12,14H,2-8H2,1H3. The molecule has 2 unspecified atom stereocenters. The van der Waals surface area contributed by atoms with E-state index in [1.807, 2.05) is 13.0 Å². The minimum absolute atomic E-state index is 0.0185. The van der Waals surface area contributed by atoms with Gasteiger partial charge in [0.25, 0.3) is 0 Å². The Bertz CT molecular complexity index is 233. The Morgan fingerprint density at radius 2 is 2.00 bits per heavy atom. The van der Waals surface area contributed by atoms with Gasteiger partial charge in [0, 0.05) is 6.08 Å². The summed E-state index contributed by atoms with van der Waals surface area (Å²) in [6, 6.07) is 0. The lowest BCUT2D eigenvalue weighted by molar-refractivity contribution is -0.138. The Morgan fingerprint density at radius 3 is 2.62 bits per heavy atom. The average Bonchev–Trinajstić information content (AvgIpc) is 2.62.